The molecule has 0 aliphatic carbocycles. The van der Waals surface area contributed by atoms with Crippen molar-refractivity contribution in [2.45, 2.75) is 25.7 Å². The Labute approximate surface area is 165 Å². The number of carboxylic acid groups (broad SMARTS) is 1. The Balaban J connectivity index is 1.56. The fraction of sp³-hybridized carbons (Fsp3) is 0.250. The average molecular weight is 404 g/mol. The SMILES string of the molecule is CC(NCCn1cnc(-c2cc(C(=O)O)ccn2)c1)c1ccc(C(F)(F)F)cc1. The van der Waals surface area contributed by atoms with E-state index in [4.69, 9.17) is 5.11 Å². The van der Waals surface area contributed by atoms with E-state index in [0.29, 0.717) is 24.5 Å². The van der Waals surface area contributed by atoms with Gasteiger partial charge in [0.2, 0.25) is 0 Å². The van der Waals surface area contributed by atoms with Gasteiger partial charge in [-0.3, -0.25) is 4.98 Å². The summed E-state index contributed by atoms with van der Waals surface area (Å²) in [4.78, 5) is 19.5. The molecule has 0 amide bonds. The standard InChI is InChI=1S/C20H19F3N4O2/c1-13(14-2-4-16(5-3-14)20(21,22)23)24-8-9-27-11-18(26-12-27)17-10-15(19(28)29)6-7-25-17/h2-7,10-13,24H,8-9H2,1H3,(H,28,29). The zero-order valence-corrected chi connectivity index (χ0v) is 15.5. The van der Waals surface area contributed by atoms with Crippen molar-refractivity contribution < 1.29 is 23.1 Å². The van der Waals surface area contributed by atoms with Crippen LogP contribution >= 0.6 is 0 Å². The number of nitrogens with one attached hydrogen (secondary N) is 1. The summed E-state index contributed by atoms with van der Waals surface area (Å²) < 4.78 is 39.7. The number of rotatable bonds is 7. The minimum absolute atomic E-state index is 0.116. The third kappa shape index (κ3) is 5.20. The molecule has 1 atom stereocenters. The highest BCUT2D eigenvalue weighted by atomic mass is 19.4. The zero-order chi connectivity index (χ0) is 21.0. The molecular weight excluding hydrogens is 385 g/mol. The Kier molecular flexibility index (Phi) is 5.97. The molecule has 0 aliphatic rings. The lowest BCUT2D eigenvalue weighted by atomic mass is 10.1. The second kappa shape index (κ2) is 8.44. The van der Waals surface area contributed by atoms with Crippen LogP contribution in [0.5, 0.6) is 0 Å². The van der Waals surface area contributed by atoms with Gasteiger partial charge in [-0.05, 0) is 36.8 Å². The highest BCUT2D eigenvalue weighted by Gasteiger charge is 2.30. The number of aromatic nitrogens is 3. The summed E-state index contributed by atoms with van der Waals surface area (Å²) in [6, 6.07) is 7.85. The van der Waals surface area contributed by atoms with E-state index < -0.39 is 17.7 Å². The van der Waals surface area contributed by atoms with Gasteiger partial charge in [-0.1, -0.05) is 12.1 Å². The summed E-state index contributed by atoms with van der Waals surface area (Å²) in [6.45, 7) is 3.03. The van der Waals surface area contributed by atoms with Gasteiger partial charge in [0.05, 0.1) is 23.1 Å². The quantitative estimate of drug-likeness (QED) is 0.622. The number of hydrogen-bond acceptors (Lipinski definition) is 4. The summed E-state index contributed by atoms with van der Waals surface area (Å²) in [7, 11) is 0. The molecule has 6 nitrogen and oxygen atoms in total. The molecule has 2 aromatic heterocycles. The Morgan fingerprint density at radius 2 is 1.90 bits per heavy atom. The summed E-state index contributed by atoms with van der Waals surface area (Å²) in [5.74, 6) is -1.03. The van der Waals surface area contributed by atoms with E-state index in [9.17, 15) is 18.0 Å². The molecular formula is C20H19F3N4O2. The van der Waals surface area contributed by atoms with Crippen molar-refractivity contribution in [3.05, 3.63) is 71.8 Å². The van der Waals surface area contributed by atoms with Crippen molar-refractivity contribution in [3.63, 3.8) is 0 Å². The summed E-state index contributed by atoms with van der Waals surface area (Å²) in [6.07, 6.45) is 0.464. The Morgan fingerprint density at radius 3 is 2.55 bits per heavy atom. The molecule has 2 N–H and O–H groups in total. The molecule has 9 heteroatoms. The van der Waals surface area contributed by atoms with Crippen LogP contribution in [0.25, 0.3) is 11.4 Å². The molecule has 0 bridgehead atoms. The predicted molar refractivity (Wildman–Crippen MR) is 100 cm³/mol. The van der Waals surface area contributed by atoms with Crippen molar-refractivity contribution in [1.82, 2.24) is 19.9 Å². The Bertz CT molecular complexity index is 984. The van der Waals surface area contributed by atoms with Gasteiger partial charge in [0.15, 0.2) is 0 Å². The van der Waals surface area contributed by atoms with Crippen LogP contribution in [0.3, 0.4) is 0 Å². The maximum absolute atomic E-state index is 12.6. The van der Waals surface area contributed by atoms with Gasteiger partial charge in [-0.2, -0.15) is 13.2 Å². The maximum Gasteiger partial charge on any atom is 0.416 e. The topological polar surface area (TPSA) is 80.0 Å². The molecule has 0 fully saturated rings. The number of benzene rings is 1. The van der Waals surface area contributed by atoms with Crippen LogP contribution in [-0.4, -0.2) is 32.2 Å². The number of pyridine rings is 1. The number of carboxylic acids is 1. The van der Waals surface area contributed by atoms with E-state index in [2.05, 4.69) is 15.3 Å². The molecule has 3 aromatic rings. The van der Waals surface area contributed by atoms with Crippen molar-refractivity contribution in [3.8, 4) is 11.4 Å². The van der Waals surface area contributed by atoms with Gasteiger partial charge in [0, 0.05) is 31.5 Å². The van der Waals surface area contributed by atoms with E-state index in [0.717, 1.165) is 17.7 Å². The van der Waals surface area contributed by atoms with Gasteiger partial charge in [0.25, 0.3) is 0 Å². The minimum atomic E-state index is -4.34. The largest absolute Gasteiger partial charge is 0.478 e. The van der Waals surface area contributed by atoms with Crippen molar-refractivity contribution in [2.75, 3.05) is 6.54 Å². The number of alkyl halides is 3. The highest BCUT2D eigenvalue weighted by molar-refractivity contribution is 5.88. The van der Waals surface area contributed by atoms with Crippen molar-refractivity contribution >= 4 is 5.97 Å². The first-order chi connectivity index (χ1) is 13.7. The zero-order valence-electron chi connectivity index (χ0n) is 15.5. The number of halogens is 3. The molecule has 29 heavy (non-hydrogen) atoms. The fourth-order valence-electron chi connectivity index (χ4n) is 2.81. The van der Waals surface area contributed by atoms with Crippen LogP contribution in [-0.2, 0) is 12.7 Å². The molecule has 0 saturated heterocycles. The highest BCUT2D eigenvalue weighted by Crippen LogP contribution is 2.29. The Hall–Kier alpha value is -3.20. The molecule has 152 valence electrons. The lowest BCUT2D eigenvalue weighted by Gasteiger charge is -2.15. The van der Waals surface area contributed by atoms with E-state index in [1.54, 1.807) is 12.5 Å². The lowest BCUT2D eigenvalue weighted by Crippen LogP contribution is -2.23. The van der Waals surface area contributed by atoms with Crippen LogP contribution in [0.1, 0.15) is 34.5 Å². The molecule has 0 spiro atoms. The van der Waals surface area contributed by atoms with Gasteiger partial charge >= 0.3 is 12.1 Å². The van der Waals surface area contributed by atoms with Crippen LogP contribution in [0, 0.1) is 0 Å². The smallest absolute Gasteiger partial charge is 0.416 e. The van der Waals surface area contributed by atoms with Crippen molar-refractivity contribution in [2.24, 2.45) is 0 Å². The third-order valence-electron chi connectivity index (χ3n) is 4.46. The van der Waals surface area contributed by atoms with Gasteiger partial charge in [-0.15, -0.1) is 0 Å². The molecule has 1 aromatic carbocycles. The number of carbonyl (C=O) groups is 1. The van der Waals surface area contributed by atoms with Gasteiger partial charge < -0.3 is 15.0 Å². The second-order valence-electron chi connectivity index (χ2n) is 6.53. The molecule has 1 unspecified atom stereocenters. The fourth-order valence-corrected chi connectivity index (χ4v) is 2.81. The van der Waals surface area contributed by atoms with Crippen LogP contribution in [0.2, 0.25) is 0 Å². The first kappa shape index (κ1) is 20.5. The lowest BCUT2D eigenvalue weighted by molar-refractivity contribution is -0.137. The van der Waals surface area contributed by atoms with Crippen LogP contribution in [0.4, 0.5) is 13.2 Å². The minimum Gasteiger partial charge on any atom is -0.478 e. The van der Waals surface area contributed by atoms with E-state index in [-0.39, 0.29) is 11.6 Å². The normalized spacial score (nSPS) is 12.7. The van der Waals surface area contributed by atoms with Gasteiger partial charge in [-0.25, -0.2) is 9.78 Å². The Morgan fingerprint density at radius 1 is 1.17 bits per heavy atom. The predicted octanol–water partition coefficient (Wildman–Crippen LogP) is 4.01. The number of aromatic carboxylic acids is 1. The molecule has 3 rings (SSSR count). The molecule has 0 aliphatic heterocycles. The second-order valence-corrected chi connectivity index (χ2v) is 6.53. The van der Waals surface area contributed by atoms with E-state index in [1.807, 2.05) is 11.5 Å². The third-order valence-corrected chi connectivity index (χ3v) is 4.46. The van der Waals surface area contributed by atoms with Crippen LogP contribution < -0.4 is 5.32 Å². The summed E-state index contributed by atoms with van der Waals surface area (Å²) >= 11 is 0. The maximum atomic E-state index is 12.6. The number of nitrogens with zero attached hydrogens (tertiary/aromatic N) is 3. The van der Waals surface area contributed by atoms with Gasteiger partial charge in [0.1, 0.15) is 5.69 Å². The summed E-state index contributed by atoms with van der Waals surface area (Å²) in [5.41, 5.74) is 1.26. The van der Waals surface area contributed by atoms with E-state index in [1.165, 1.54) is 30.5 Å². The van der Waals surface area contributed by atoms with E-state index >= 15 is 0 Å². The summed E-state index contributed by atoms with van der Waals surface area (Å²) in [5, 5.41) is 12.3. The molecule has 0 radical (unpaired) electrons. The monoisotopic (exact) mass is 404 g/mol. The molecule has 2 heterocycles. The first-order valence-electron chi connectivity index (χ1n) is 8.86. The number of hydrogen-bond donors (Lipinski definition) is 2. The molecule has 0 saturated carbocycles. The first-order valence-corrected chi connectivity index (χ1v) is 8.86. The average Bonchev–Trinajstić information content (AvgIpc) is 3.16. The van der Waals surface area contributed by atoms with Crippen molar-refractivity contribution in [1.29, 1.82) is 0 Å². The number of imidazole rings is 1. The van der Waals surface area contributed by atoms with Crippen LogP contribution in [0.15, 0.2) is 55.1 Å².